The van der Waals surface area contributed by atoms with Crippen LogP contribution < -0.4 is 5.73 Å². The van der Waals surface area contributed by atoms with E-state index in [4.69, 9.17) is 17.3 Å². The van der Waals surface area contributed by atoms with Crippen molar-refractivity contribution in [2.45, 2.75) is 12.5 Å². The highest BCUT2D eigenvalue weighted by molar-refractivity contribution is 9.10. The van der Waals surface area contributed by atoms with Crippen LogP contribution in [0, 0.1) is 0 Å². The maximum atomic E-state index is 6.23. The summed E-state index contributed by atoms with van der Waals surface area (Å²) in [5.74, 6) is 0. The topological polar surface area (TPSA) is 26.0 Å². The van der Waals surface area contributed by atoms with Gasteiger partial charge in [0, 0.05) is 10.5 Å². The summed E-state index contributed by atoms with van der Waals surface area (Å²) in [5.41, 5.74) is 8.39. The fourth-order valence-electron chi connectivity index (χ4n) is 1.78. The summed E-state index contributed by atoms with van der Waals surface area (Å²) in [6.07, 6.45) is 0.789. The van der Waals surface area contributed by atoms with Gasteiger partial charge >= 0.3 is 0 Å². The van der Waals surface area contributed by atoms with E-state index in [1.807, 2.05) is 36.4 Å². The van der Waals surface area contributed by atoms with E-state index >= 15 is 0 Å². The first-order valence-electron chi connectivity index (χ1n) is 5.42. The van der Waals surface area contributed by atoms with Gasteiger partial charge in [0.1, 0.15) is 0 Å². The van der Waals surface area contributed by atoms with Crippen LogP contribution in [0.2, 0.25) is 5.02 Å². The van der Waals surface area contributed by atoms with Gasteiger partial charge in [-0.1, -0.05) is 54.1 Å². The molecule has 1 unspecified atom stereocenters. The predicted octanol–water partition coefficient (Wildman–Crippen LogP) is 4.35. The van der Waals surface area contributed by atoms with Crippen molar-refractivity contribution in [2.75, 3.05) is 0 Å². The molecule has 0 bridgehead atoms. The number of nitrogens with two attached hydrogens (primary N) is 1. The van der Waals surface area contributed by atoms with Crippen LogP contribution in [0.1, 0.15) is 17.2 Å². The van der Waals surface area contributed by atoms with E-state index in [0.717, 1.165) is 16.5 Å². The van der Waals surface area contributed by atoms with Crippen molar-refractivity contribution in [1.82, 2.24) is 0 Å². The SMILES string of the molecule is NC(Cc1ccccc1)c1cccc(Br)c1Cl. The smallest absolute Gasteiger partial charge is 0.0595 e. The van der Waals surface area contributed by atoms with Crippen LogP contribution in [0.25, 0.3) is 0 Å². The molecular formula is C14H13BrClN. The molecule has 0 aliphatic carbocycles. The van der Waals surface area contributed by atoms with E-state index in [0.29, 0.717) is 5.02 Å². The Labute approximate surface area is 115 Å². The lowest BCUT2D eigenvalue weighted by molar-refractivity contribution is 0.722. The summed E-state index contributed by atoms with van der Waals surface area (Å²) in [6, 6.07) is 16.0. The summed E-state index contributed by atoms with van der Waals surface area (Å²) in [5, 5.41) is 0.705. The second-order valence-corrected chi connectivity index (χ2v) is 5.17. The van der Waals surface area contributed by atoms with E-state index in [1.54, 1.807) is 0 Å². The van der Waals surface area contributed by atoms with Gasteiger partial charge in [0.05, 0.1) is 5.02 Å². The van der Waals surface area contributed by atoms with Crippen molar-refractivity contribution >= 4 is 27.5 Å². The van der Waals surface area contributed by atoms with Crippen molar-refractivity contribution < 1.29 is 0 Å². The molecule has 17 heavy (non-hydrogen) atoms. The molecule has 2 aromatic carbocycles. The third-order valence-electron chi connectivity index (χ3n) is 2.68. The van der Waals surface area contributed by atoms with Crippen molar-refractivity contribution in [2.24, 2.45) is 5.73 Å². The lowest BCUT2D eigenvalue weighted by atomic mass is 10.00. The molecule has 2 aromatic rings. The van der Waals surface area contributed by atoms with E-state index in [1.165, 1.54) is 5.56 Å². The van der Waals surface area contributed by atoms with Crippen LogP contribution >= 0.6 is 27.5 Å². The lowest BCUT2D eigenvalue weighted by Crippen LogP contribution is -2.13. The van der Waals surface area contributed by atoms with Crippen LogP contribution in [0.3, 0.4) is 0 Å². The lowest BCUT2D eigenvalue weighted by Gasteiger charge is -2.14. The summed E-state index contributed by atoms with van der Waals surface area (Å²) >= 11 is 9.64. The molecule has 1 nitrogen and oxygen atoms in total. The molecule has 0 aliphatic heterocycles. The molecule has 2 rings (SSSR count). The normalized spacial score (nSPS) is 12.4. The molecule has 0 aromatic heterocycles. The minimum absolute atomic E-state index is 0.0811. The monoisotopic (exact) mass is 309 g/mol. The molecule has 0 amide bonds. The Morgan fingerprint density at radius 2 is 1.76 bits per heavy atom. The van der Waals surface area contributed by atoms with Gasteiger partial charge in [0.25, 0.3) is 0 Å². The van der Waals surface area contributed by atoms with Crippen molar-refractivity contribution in [3.63, 3.8) is 0 Å². The van der Waals surface area contributed by atoms with Crippen molar-refractivity contribution in [3.8, 4) is 0 Å². The number of benzene rings is 2. The molecule has 1 atom stereocenters. The first-order valence-corrected chi connectivity index (χ1v) is 6.59. The average Bonchev–Trinajstić information content (AvgIpc) is 2.34. The first kappa shape index (κ1) is 12.6. The maximum Gasteiger partial charge on any atom is 0.0595 e. The Kier molecular flexibility index (Phi) is 4.21. The highest BCUT2D eigenvalue weighted by Crippen LogP contribution is 2.30. The Hall–Kier alpha value is -0.830. The van der Waals surface area contributed by atoms with E-state index in [2.05, 4.69) is 28.1 Å². The fourth-order valence-corrected chi connectivity index (χ4v) is 2.43. The van der Waals surface area contributed by atoms with E-state index < -0.39 is 0 Å². The Balaban J connectivity index is 2.20. The average molecular weight is 311 g/mol. The van der Waals surface area contributed by atoms with E-state index in [-0.39, 0.29) is 6.04 Å². The summed E-state index contributed by atoms with van der Waals surface area (Å²) < 4.78 is 0.889. The molecule has 2 N–H and O–H groups in total. The molecule has 0 saturated heterocycles. The van der Waals surface area contributed by atoms with Gasteiger partial charge in [0.2, 0.25) is 0 Å². The highest BCUT2D eigenvalue weighted by atomic mass is 79.9. The summed E-state index contributed by atoms with van der Waals surface area (Å²) in [6.45, 7) is 0. The summed E-state index contributed by atoms with van der Waals surface area (Å²) in [4.78, 5) is 0. The Morgan fingerprint density at radius 3 is 2.47 bits per heavy atom. The molecule has 0 saturated carbocycles. The van der Waals surface area contributed by atoms with Crippen molar-refractivity contribution in [1.29, 1.82) is 0 Å². The maximum absolute atomic E-state index is 6.23. The zero-order valence-electron chi connectivity index (χ0n) is 9.24. The van der Waals surface area contributed by atoms with Gasteiger partial charge in [0.15, 0.2) is 0 Å². The van der Waals surface area contributed by atoms with Crippen LogP contribution in [0.5, 0.6) is 0 Å². The highest BCUT2D eigenvalue weighted by Gasteiger charge is 2.12. The van der Waals surface area contributed by atoms with Crippen LogP contribution in [0.4, 0.5) is 0 Å². The number of hydrogen-bond donors (Lipinski definition) is 1. The molecule has 0 aliphatic rings. The Morgan fingerprint density at radius 1 is 1.06 bits per heavy atom. The minimum atomic E-state index is -0.0811. The Bertz CT molecular complexity index is 499. The number of halogens is 2. The fraction of sp³-hybridized carbons (Fsp3) is 0.143. The quantitative estimate of drug-likeness (QED) is 0.896. The van der Waals surface area contributed by atoms with Gasteiger partial charge in [-0.3, -0.25) is 0 Å². The van der Waals surface area contributed by atoms with Crippen LogP contribution in [0.15, 0.2) is 53.0 Å². The summed E-state index contributed by atoms with van der Waals surface area (Å²) in [7, 11) is 0. The molecule has 0 radical (unpaired) electrons. The van der Waals surface area contributed by atoms with Gasteiger partial charge in [-0.25, -0.2) is 0 Å². The molecule has 0 fully saturated rings. The minimum Gasteiger partial charge on any atom is -0.324 e. The third kappa shape index (κ3) is 3.09. The molecule has 0 heterocycles. The van der Waals surface area contributed by atoms with Gasteiger partial charge in [-0.05, 0) is 39.5 Å². The van der Waals surface area contributed by atoms with Gasteiger partial charge < -0.3 is 5.73 Å². The second kappa shape index (κ2) is 5.67. The third-order valence-corrected chi connectivity index (χ3v) is 3.99. The van der Waals surface area contributed by atoms with E-state index in [9.17, 15) is 0 Å². The van der Waals surface area contributed by atoms with Gasteiger partial charge in [-0.15, -0.1) is 0 Å². The second-order valence-electron chi connectivity index (χ2n) is 3.94. The van der Waals surface area contributed by atoms with Gasteiger partial charge in [-0.2, -0.15) is 0 Å². The largest absolute Gasteiger partial charge is 0.324 e. The number of hydrogen-bond acceptors (Lipinski definition) is 1. The standard InChI is InChI=1S/C14H13BrClN/c15-12-8-4-7-11(14(12)16)13(17)9-10-5-2-1-3-6-10/h1-8,13H,9,17H2. The van der Waals surface area contributed by atoms with Crippen LogP contribution in [-0.2, 0) is 6.42 Å². The molecule has 0 spiro atoms. The predicted molar refractivity (Wildman–Crippen MR) is 76.2 cm³/mol. The number of rotatable bonds is 3. The van der Waals surface area contributed by atoms with Crippen LogP contribution in [-0.4, -0.2) is 0 Å². The zero-order chi connectivity index (χ0) is 12.3. The molecular weight excluding hydrogens is 298 g/mol. The molecule has 88 valence electrons. The molecule has 3 heteroatoms. The van der Waals surface area contributed by atoms with Crippen molar-refractivity contribution in [3.05, 3.63) is 69.2 Å². The zero-order valence-corrected chi connectivity index (χ0v) is 11.6. The first-order chi connectivity index (χ1) is 8.18.